The smallest absolute Gasteiger partial charge is 0.262 e. The summed E-state index contributed by atoms with van der Waals surface area (Å²) >= 11 is 1.30. The summed E-state index contributed by atoms with van der Waals surface area (Å²) in [7, 11) is 0. The highest BCUT2D eigenvalue weighted by atomic mass is 32.2. The Morgan fingerprint density at radius 3 is 2.54 bits per heavy atom. The largest absolute Gasteiger partial charge is 0.293 e. The molecule has 4 rings (SSSR count). The normalized spacial score (nSPS) is 15.8. The fraction of sp³-hybridized carbons (Fsp3) is 0.318. The lowest BCUT2D eigenvalue weighted by Gasteiger charge is -2.20. The van der Waals surface area contributed by atoms with Gasteiger partial charge in [-0.25, -0.2) is 9.37 Å². The Morgan fingerprint density at radius 2 is 1.82 bits per heavy atom. The average molecular weight is 396 g/mol. The van der Waals surface area contributed by atoms with E-state index < -0.39 is 5.25 Å². The van der Waals surface area contributed by atoms with Gasteiger partial charge >= 0.3 is 0 Å². The number of hydrogen-bond donors (Lipinski definition) is 0. The molecule has 144 valence electrons. The molecule has 0 N–H and O–H groups in total. The molecule has 1 aliphatic carbocycles. The summed E-state index contributed by atoms with van der Waals surface area (Å²) in [5.41, 5.74) is 1.06. The van der Waals surface area contributed by atoms with Crippen LogP contribution in [0.15, 0.2) is 58.5 Å². The topological polar surface area (TPSA) is 52.0 Å². The van der Waals surface area contributed by atoms with E-state index in [-0.39, 0.29) is 23.2 Å². The molecule has 6 heteroatoms. The number of thioether (sulfide) groups is 1. The van der Waals surface area contributed by atoms with E-state index in [2.05, 4.69) is 0 Å². The Morgan fingerprint density at radius 1 is 1.14 bits per heavy atom. The van der Waals surface area contributed by atoms with Crippen LogP contribution in [0.25, 0.3) is 10.9 Å². The highest BCUT2D eigenvalue weighted by molar-refractivity contribution is 8.00. The SMILES string of the molecule is C[C@@H](Sc1nc2ccccc2c(=O)n1C1CCCC1)C(=O)c1ccc(F)cc1. The lowest BCUT2D eigenvalue weighted by atomic mass is 10.1. The quantitative estimate of drug-likeness (QED) is 0.345. The summed E-state index contributed by atoms with van der Waals surface area (Å²) in [5.74, 6) is -0.478. The molecule has 0 radical (unpaired) electrons. The number of fused-ring (bicyclic) bond motifs is 1. The molecule has 3 aromatic rings. The first-order valence-corrected chi connectivity index (χ1v) is 10.4. The van der Waals surface area contributed by atoms with E-state index in [1.807, 2.05) is 18.2 Å². The lowest BCUT2D eigenvalue weighted by Crippen LogP contribution is -2.27. The summed E-state index contributed by atoms with van der Waals surface area (Å²) in [6, 6.07) is 13.0. The van der Waals surface area contributed by atoms with E-state index in [0.29, 0.717) is 21.6 Å². The van der Waals surface area contributed by atoms with Crippen LogP contribution in [0.5, 0.6) is 0 Å². The van der Waals surface area contributed by atoms with E-state index in [4.69, 9.17) is 4.98 Å². The molecular formula is C22H21FN2O2S. The monoisotopic (exact) mass is 396 g/mol. The average Bonchev–Trinajstić information content (AvgIpc) is 3.22. The van der Waals surface area contributed by atoms with E-state index in [1.165, 1.54) is 36.0 Å². The van der Waals surface area contributed by atoms with Gasteiger partial charge in [-0.05, 0) is 56.2 Å². The summed E-state index contributed by atoms with van der Waals surface area (Å²) < 4.78 is 14.9. The molecule has 0 unspecified atom stereocenters. The number of benzene rings is 2. The van der Waals surface area contributed by atoms with Crippen LogP contribution in [-0.4, -0.2) is 20.6 Å². The van der Waals surface area contributed by atoms with Gasteiger partial charge in [0.05, 0.1) is 16.2 Å². The van der Waals surface area contributed by atoms with Crippen LogP contribution < -0.4 is 5.56 Å². The number of para-hydroxylation sites is 1. The summed E-state index contributed by atoms with van der Waals surface area (Å²) in [6.07, 6.45) is 4.10. The summed E-state index contributed by atoms with van der Waals surface area (Å²) in [4.78, 5) is 30.7. The number of nitrogens with zero attached hydrogens (tertiary/aromatic N) is 2. The van der Waals surface area contributed by atoms with Gasteiger partial charge in [0.25, 0.3) is 5.56 Å². The number of rotatable bonds is 5. The second-order valence-electron chi connectivity index (χ2n) is 7.16. The molecule has 28 heavy (non-hydrogen) atoms. The van der Waals surface area contributed by atoms with Crippen molar-refractivity contribution in [3.8, 4) is 0 Å². The second kappa shape index (κ2) is 7.87. The number of carbonyl (C=O) groups excluding carboxylic acids is 1. The minimum Gasteiger partial charge on any atom is -0.293 e. The standard InChI is InChI=1S/C22H21FN2O2S/c1-14(20(26)15-10-12-16(23)13-11-15)28-22-24-19-9-5-4-8-18(19)21(27)25(22)17-6-2-3-7-17/h4-5,8-14,17H,2-3,6-7H2,1H3/t14-/m1/s1. The molecule has 1 saturated carbocycles. The second-order valence-corrected chi connectivity index (χ2v) is 8.46. The number of ketones is 1. The van der Waals surface area contributed by atoms with Gasteiger partial charge in [0, 0.05) is 11.6 Å². The van der Waals surface area contributed by atoms with E-state index in [9.17, 15) is 14.0 Å². The van der Waals surface area contributed by atoms with Crippen LogP contribution in [0.1, 0.15) is 49.0 Å². The van der Waals surface area contributed by atoms with Crippen molar-refractivity contribution < 1.29 is 9.18 Å². The van der Waals surface area contributed by atoms with Crippen LogP contribution in [0.2, 0.25) is 0 Å². The first-order chi connectivity index (χ1) is 13.5. The zero-order chi connectivity index (χ0) is 19.7. The zero-order valence-corrected chi connectivity index (χ0v) is 16.4. The Hall–Kier alpha value is -2.47. The molecule has 0 saturated heterocycles. The molecule has 0 spiro atoms. The highest BCUT2D eigenvalue weighted by Crippen LogP contribution is 2.33. The number of halogens is 1. The van der Waals surface area contributed by atoms with Gasteiger partial charge in [-0.15, -0.1) is 0 Å². The maximum Gasteiger partial charge on any atom is 0.262 e. The molecular weight excluding hydrogens is 375 g/mol. The molecule has 1 heterocycles. The van der Waals surface area contributed by atoms with E-state index >= 15 is 0 Å². The Kier molecular flexibility index (Phi) is 5.31. The van der Waals surface area contributed by atoms with Crippen LogP contribution in [0.3, 0.4) is 0 Å². The van der Waals surface area contributed by atoms with Crippen LogP contribution >= 0.6 is 11.8 Å². The number of aromatic nitrogens is 2. The molecule has 4 nitrogen and oxygen atoms in total. The van der Waals surface area contributed by atoms with Crippen molar-refractivity contribution in [1.82, 2.24) is 9.55 Å². The van der Waals surface area contributed by atoms with Crippen molar-refractivity contribution in [3.63, 3.8) is 0 Å². The first-order valence-electron chi connectivity index (χ1n) is 9.52. The lowest BCUT2D eigenvalue weighted by molar-refractivity contribution is 0.0993. The molecule has 0 amide bonds. The zero-order valence-electron chi connectivity index (χ0n) is 15.6. The third kappa shape index (κ3) is 3.61. The fourth-order valence-electron chi connectivity index (χ4n) is 3.75. The van der Waals surface area contributed by atoms with Gasteiger partial charge < -0.3 is 0 Å². The van der Waals surface area contributed by atoms with Crippen molar-refractivity contribution in [1.29, 1.82) is 0 Å². The maximum atomic E-state index is 13.2. The molecule has 1 atom stereocenters. The number of hydrogen-bond acceptors (Lipinski definition) is 4. The van der Waals surface area contributed by atoms with E-state index in [1.54, 1.807) is 17.6 Å². The van der Waals surface area contributed by atoms with Crippen LogP contribution in [0.4, 0.5) is 4.39 Å². The Balaban J connectivity index is 1.72. The van der Waals surface area contributed by atoms with Crippen molar-refractivity contribution >= 4 is 28.4 Å². The number of carbonyl (C=O) groups is 1. The summed E-state index contributed by atoms with van der Waals surface area (Å²) in [5, 5.41) is 0.751. The number of Topliss-reactive ketones (excluding diaryl/α,β-unsaturated/α-hetero) is 1. The highest BCUT2D eigenvalue weighted by Gasteiger charge is 2.26. The van der Waals surface area contributed by atoms with Gasteiger partial charge in [-0.1, -0.05) is 36.7 Å². The van der Waals surface area contributed by atoms with Crippen molar-refractivity contribution in [2.24, 2.45) is 0 Å². The van der Waals surface area contributed by atoms with Gasteiger partial charge in [0.15, 0.2) is 10.9 Å². The van der Waals surface area contributed by atoms with Crippen molar-refractivity contribution in [3.05, 3.63) is 70.3 Å². The van der Waals surface area contributed by atoms with Crippen molar-refractivity contribution in [2.75, 3.05) is 0 Å². The minimum atomic E-state index is -0.439. The van der Waals surface area contributed by atoms with Gasteiger partial charge in [0.2, 0.25) is 0 Å². The Bertz CT molecular complexity index is 1070. The summed E-state index contributed by atoms with van der Waals surface area (Å²) in [6.45, 7) is 1.80. The van der Waals surface area contributed by atoms with Gasteiger partial charge in [-0.3, -0.25) is 14.2 Å². The third-order valence-corrected chi connectivity index (χ3v) is 6.31. The predicted octanol–water partition coefficient (Wildman–Crippen LogP) is 5.01. The molecule has 1 aliphatic rings. The van der Waals surface area contributed by atoms with Gasteiger partial charge in [-0.2, -0.15) is 0 Å². The van der Waals surface area contributed by atoms with E-state index in [0.717, 1.165) is 25.7 Å². The molecule has 1 aromatic heterocycles. The molecule has 1 fully saturated rings. The van der Waals surface area contributed by atoms with Crippen molar-refractivity contribution in [2.45, 2.75) is 49.1 Å². The molecule has 2 aromatic carbocycles. The fourth-order valence-corrected chi connectivity index (χ4v) is 4.81. The predicted molar refractivity (Wildman–Crippen MR) is 110 cm³/mol. The molecule has 0 aliphatic heterocycles. The van der Waals surface area contributed by atoms with Gasteiger partial charge in [0.1, 0.15) is 5.82 Å². The minimum absolute atomic E-state index is 0.0403. The van der Waals surface area contributed by atoms with Crippen LogP contribution in [0, 0.1) is 5.82 Å². The Labute approximate surface area is 166 Å². The maximum absolute atomic E-state index is 13.2. The third-order valence-electron chi connectivity index (χ3n) is 5.25. The molecule has 0 bridgehead atoms. The first kappa shape index (κ1) is 18.9. The van der Waals surface area contributed by atoms with Crippen LogP contribution in [-0.2, 0) is 0 Å².